The van der Waals surface area contributed by atoms with Crippen molar-refractivity contribution < 1.29 is 28.7 Å². The van der Waals surface area contributed by atoms with Crippen LogP contribution in [0.2, 0.25) is 0 Å². The van der Waals surface area contributed by atoms with E-state index in [1.807, 2.05) is 4.90 Å². The molecule has 1 aliphatic heterocycles. The third-order valence-corrected chi connectivity index (χ3v) is 3.89. The molecule has 0 spiro atoms. The van der Waals surface area contributed by atoms with Crippen molar-refractivity contribution in [1.82, 2.24) is 5.32 Å². The van der Waals surface area contributed by atoms with Gasteiger partial charge in [0.1, 0.15) is 5.82 Å². The smallest absolute Gasteiger partial charge is 0.407 e. The Bertz CT molecular complexity index is 638. The first-order valence-electron chi connectivity index (χ1n) is 8.28. The van der Waals surface area contributed by atoms with Crippen LogP contribution in [0.1, 0.15) is 18.6 Å². The second-order valence-corrected chi connectivity index (χ2v) is 5.75. The molecule has 1 saturated heterocycles. The van der Waals surface area contributed by atoms with Gasteiger partial charge < -0.3 is 24.8 Å². The van der Waals surface area contributed by atoms with E-state index >= 15 is 0 Å². The summed E-state index contributed by atoms with van der Waals surface area (Å²) in [6, 6.07) is 4.11. The third-order valence-electron chi connectivity index (χ3n) is 3.89. The Morgan fingerprint density at radius 2 is 2.19 bits per heavy atom. The Morgan fingerprint density at radius 1 is 1.50 bits per heavy atom. The predicted octanol–water partition coefficient (Wildman–Crippen LogP) is 1.09. The minimum Gasteiger partial charge on any atom is -0.438 e. The lowest BCUT2D eigenvalue weighted by atomic mass is 10.0. The van der Waals surface area contributed by atoms with Gasteiger partial charge in [0, 0.05) is 24.6 Å². The topological polar surface area (TPSA) is 114 Å². The lowest BCUT2D eigenvalue weighted by Gasteiger charge is -2.29. The van der Waals surface area contributed by atoms with Gasteiger partial charge in [-0.25, -0.2) is 9.18 Å². The van der Waals surface area contributed by atoms with Crippen LogP contribution in [0.4, 0.5) is 14.9 Å². The summed E-state index contributed by atoms with van der Waals surface area (Å²) in [5, 5.41) is 23.1. The zero-order valence-corrected chi connectivity index (χ0v) is 14.4. The summed E-state index contributed by atoms with van der Waals surface area (Å²) in [5.41, 5.74) is 0.498. The molecule has 0 aliphatic carbocycles. The first-order chi connectivity index (χ1) is 12.4. The van der Waals surface area contributed by atoms with Gasteiger partial charge in [-0.3, -0.25) is 10.1 Å². The van der Waals surface area contributed by atoms with Crippen molar-refractivity contribution in [3.05, 3.63) is 39.7 Å². The SMILES string of the molecule is CCNC(=O)O[C@H](c1ccc(N2CCOCC2)c(F)c1)[C@H](O)C[N+](=O)[O-]. The van der Waals surface area contributed by atoms with E-state index in [9.17, 15) is 24.4 Å². The maximum absolute atomic E-state index is 14.6. The molecule has 1 aliphatic rings. The number of carbonyl (C=O) groups excluding carboxylic acids is 1. The Morgan fingerprint density at radius 3 is 2.77 bits per heavy atom. The Labute approximate surface area is 149 Å². The van der Waals surface area contributed by atoms with Crippen molar-refractivity contribution in [1.29, 1.82) is 0 Å². The molecular formula is C16H22FN3O6. The summed E-state index contributed by atoms with van der Waals surface area (Å²) in [4.78, 5) is 23.5. The first-order valence-corrected chi connectivity index (χ1v) is 8.28. The van der Waals surface area contributed by atoms with Gasteiger partial charge in [0.25, 0.3) is 0 Å². The lowest BCUT2D eigenvalue weighted by molar-refractivity contribution is -0.493. The number of hydrogen-bond donors (Lipinski definition) is 2. The molecule has 0 saturated carbocycles. The molecule has 10 heteroatoms. The van der Waals surface area contributed by atoms with Crippen molar-refractivity contribution in [2.45, 2.75) is 19.1 Å². The van der Waals surface area contributed by atoms with E-state index in [1.165, 1.54) is 12.1 Å². The van der Waals surface area contributed by atoms with Crippen molar-refractivity contribution in [2.24, 2.45) is 0 Å². The molecule has 2 atom stereocenters. The molecule has 26 heavy (non-hydrogen) atoms. The molecule has 2 rings (SSSR count). The third kappa shape index (κ3) is 5.27. The van der Waals surface area contributed by atoms with Crippen LogP contribution < -0.4 is 10.2 Å². The number of benzene rings is 1. The minimum atomic E-state index is -1.61. The van der Waals surface area contributed by atoms with Crippen LogP contribution in [0.15, 0.2) is 18.2 Å². The number of morpholine rings is 1. The molecule has 0 aromatic heterocycles. The summed E-state index contributed by atoms with van der Waals surface area (Å²) in [6.07, 6.45) is -3.82. The normalized spacial score (nSPS) is 16.7. The number of amides is 1. The van der Waals surface area contributed by atoms with Crippen LogP contribution in [-0.2, 0) is 9.47 Å². The quantitative estimate of drug-likeness (QED) is 0.545. The number of aliphatic hydroxyl groups is 1. The molecular weight excluding hydrogens is 349 g/mol. The Hall–Kier alpha value is -2.46. The van der Waals surface area contributed by atoms with Crippen LogP contribution in [0.3, 0.4) is 0 Å². The maximum atomic E-state index is 14.6. The Balaban J connectivity index is 2.23. The fourth-order valence-electron chi connectivity index (χ4n) is 2.68. The zero-order chi connectivity index (χ0) is 19.1. The van der Waals surface area contributed by atoms with Gasteiger partial charge in [-0.2, -0.15) is 0 Å². The number of alkyl carbamates (subject to hydrolysis) is 1. The average Bonchev–Trinajstić information content (AvgIpc) is 2.60. The molecule has 0 unspecified atom stereocenters. The van der Waals surface area contributed by atoms with E-state index in [1.54, 1.807) is 6.92 Å². The molecule has 1 aromatic rings. The number of nitrogens with one attached hydrogen (secondary N) is 1. The number of nitrogens with zero attached hydrogens (tertiary/aromatic N) is 2. The zero-order valence-electron chi connectivity index (χ0n) is 14.4. The lowest BCUT2D eigenvalue weighted by Crippen LogP contribution is -2.37. The molecule has 1 amide bonds. The van der Waals surface area contributed by atoms with Gasteiger partial charge in [0.2, 0.25) is 6.54 Å². The second kappa shape index (κ2) is 9.30. The summed E-state index contributed by atoms with van der Waals surface area (Å²) in [6.45, 7) is 3.17. The summed E-state index contributed by atoms with van der Waals surface area (Å²) >= 11 is 0. The van der Waals surface area contributed by atoms with Gasteiger partial charge in [-0.15, -0.1) is 0 Å². The van der Waals surface area contributed by atoms with E-state index in [-0.39, 0.29) is 12.1 Å². The number of nitro groups is 1. The number of carbonyl (C=O) groups is 1. The minimum absolute atomic E-state index is 0.139. The second-order valence-electron chi connectivity index (χ2n) is 5.75. The number of rotatable bonds is 7. The fourth-order valence-corrected chi connectivity index (χ4v) is 2.68. The predicted molar refractivity (Wildman–Crippen MR) is 90.2 cm³/mol. The van der Waals surface area contributed by atoms with Gasteiger partial charge >= 0.3 is 6.09 Å². The highest BCUT2D eigenvalue weighted by Crippen LogP contribution is 2.28. The van der Waals surface area contributed by atoms with E-state index in [4.69, 9.17) is 9.47 Å². The largest absolute Gasteiger partial charge is 0.438 e. The monoisotopic (exact) mass is 371 g/mol. The number of ether oxygens (including phenoxy) is 2. The highest BCUT2D eigenvalue weighted by atomic mass is 19.1. The highest BCUT2D eigenvalue weighted by Gasteiger charge is 2.30. The van der Waals surface area contributed by atoms with Crippen molar-refractivity contribution in [3.8, 4) is 0 Å². The molecule has 1 aromatic carbocycles. The van der Waals surface area contributed by atoms with Crippen molar-refractivity contribution >= 4 is 11.8 Å². The summed E-state index contributed by atoms with van der Waals surface area (Å²) in [5.74, 6) is -0.567. The molecule has 0 bridgehead atoms. The van der Waals surface area contributed by atoms with Crippen LogP contribution in [0.25, 0.3) is 0 Å². The number of anilines is 1. The van der Waals surface area contributed by atoms with Crippen LogP contribution in [0, 0.1) is 15.9 Å². The molecule has 144 valence electrons. The number of hydrogen-bond acceptors (Lipinski definition) is 7. The van der Waals surface area contributed by atoms with Gasteiger partial charge in [0.05, 0.1) is 18.9 Å². The van der Waals surface area contributed by atoms with E-state index in [0.717, 1.165) is 6.07 Å². The van der Waals surface area contributed by atoms with Crippen molar-refractivity contribution in [3.63, 3.8) is 0 Å². The fraction of sp³-hybridized carbons (Fsp3) is 0.562. The molecule has 9 nitrogen and oxygen atoms in total. The molecule has 1 heterocycles. The van der Waals surface area contributed by atoms with E-state index in [0.29, 0.717) is 32.0 Å². The molecule has 2 N–H and O–H groups in total. The van der Waals surface area contributed by atoms with Crippen LogP contribution in [-0.4, -0.2) is 61.6 Å². The molecule has 1 fully saturated rings. The Kier molecular flexibility index (Phi) is 7.10. The number of aliphatic hydroxyl groups excluding tert-OH is 1. The van der Waals surface area contributed by atoms with E-state index in [2.05, 4.69) is 5.32 Å². The van der Waals surface area contributed by atoms with Crippen LogP contribution >= 0.6 is 0 Å². The molecule has 0 radical (unpaired) electrons. The number of halogens is 1. The van der Waals surface area contributed by atoms with Gasteiger partial charge in [-0.05, 0) is 24.6 Å². The van der Waals surface area contributed by atoms with Gasteiger partial charge in [-0.1, -0.05) is 6.07 Å². The summed E-state index contributed by atoms with van der Waals surface area (Å²) in [7, 11) is 0. The average molecular weight is 371 g/mol. The van der Waals surface area contributed by atoms with Gasteiger partial charge in [0.15, 0.2) is 12.2 Å². The maximum Gasteiger partial charge on any atom is 0.407 e. The summed E-state index contributed by atoms with van der Waals surface area (Å²) < 4.78 is 24.9. The van der Waals surface area contributed by atoms with Crippen LogP contribution in [0.5, 0.6) is 0 Å². The first kappa shape index (κ1) is 19.9. The van der Waals surface area contributed by atoms with Crippen molar-refractivity contribution in [2.75, 3.05) is 44.3 Å². The van der Waals surface area contributed by atoms with E-state index < -0.39 is 35.6 Å². The standard InChI is InChI=1S/C16H22FN3O6/c1-2-18-16(22)26-15(14(21)10-20(23)24)11-3-4-13(12(17)9-11)19-5-7-25-8-6-19/h3-4,9,14-15,21H,2,5-8,10H2,1H3,(H,18,22)/t14-,15-/m1/s1. The highest BCUT2D eigenvalue weighted by molar-refractivity contribution is 5.67.